The molecule has 2 nitrogen and oxygen atoms in total. The Labute approximate surface area is 122 Å². The van der Waals surface area contributed by atoms with Crippen molar-refractivity contribution in [1.29, 1.82) is 0 Å². The summed E-state index contributed by atoms with van der Waals surface area (Å²) in [5, 5.41) is 6.95. The molecule has 0 radical (unpaired) electrons. The molecule has 0 saturated carbocycles. The maximum atomic E-state index is 5.84. The third-order valence-corrected chi connectivity index (χ3v) is 5.30. The summed E-state index contributed by atoms with van der Waals surface area (Å²) >= 11 is 0. The lowest BCUT2D eigenvalue weighted by atomic mass is 10.1. The number of allylic oxidation sites excluding steroid dienone is 2. The highest BCUT2D eigenvalue weighted by atomic mass is 32.2. The first-order chi connectivity index (χ1) is 9.79. The highest BCUT2D eigenvalue weighted by Gasteiger charge is 2.12. The molecule has 1 atom stereocenters. The van der Waals surface area contributed by atoms with Crippen LogP contribution in [0.1, 0.15) is 6.92 Å². The summed E-state index contributed by atoms with van der Waals surface area (Å²) in [7, 11) is 1.33. The van der Waals surface area contributed by atoms with Crippen molar-refractivity contribution in [3.63, 3.8) is 0 Å². The Morgan fingerprint density at radius 2 is 1.65 bits per heavy atom. The third-order valence-electron chi connectivity index (χ3n) is 3.37. The summed E-state index contributed by atoms with van der Waals surface area (Å²) < 4.78 is 11.0. The van der Waals surface area contributed by atoms with Crippen molar-refractivity contribution in [2.45, 2.75) is 18.1 Å². The van der Waals surface area contributed by atoms with Crippen LogP contribution in [0, 0.1) is 0 Å². The van der Waals surface area contributed by atoms with Crippen molar-refractivity contribution >= 4 is 21.7 Å². The van der Waals surface area contributed by atoms with Crippen LogP contribution in [0.15, 0.2) is 64.3 Å². The fourth-order valence-electron chi connectivity index (χ4n) is 2.31. The fraction of sp³-hybridized carbons (Fsp3) is 0.176. The van der Waals surface area contributed by atoms with E-state index in [0.29, 0.717) is 0 Å². The quantitative estimate of drug-likeness (QED) is 0.653. The summed E-state index contributed by atoms with van der Waals surface area (Å²) in [6, 6.07) is 12.6. The predicted molar refractivity (Wildman–Crippen MR) is 86.6 cm³/mol. The van der Waals surface area contributed by atoms with Crippen LogP contribution in [0.2, 0.25) is 0 Å². The van der Waals surface area contributed by atoms with Gasteiger partial charge in [-0.25, -0.2) is 0 Å². The van der Waals surface area contributed by atoms with E-state index in [1.165, 1.54) is 10.3 Å². The molecule has 1 aliphatic rings. The molecular weight excluding hydrogens is 268 g/mol. The molecule has 2 aromatic rings. The number of hydrogen-bond donors (Lipinski definition) is 1. The van der Waals surface area contributed by atoms with E-state index in [0.717, 1.165) is 11.1 Å². The molecule has 3 rings (SSSR count). The Balaban J connectivity index is 2.09. The van der Waals surface area contributed by atoms with Crippen LogP contribution < -0.4 is 4.74 Å². The molecular formula is C17H18O2S. The highest BCUT2D eigenvalue weighted by Crippen LogP contribution is 2.47. The average Bonchev–Trinajstić information content (AvgIpc) is 3.01. The molecule has 2 aromatic carbocycles. The molecule has 0 N–H and O–H groups in total. The third kappa shape index (κ3) is 2.47. The maximum Gasteiger partial charge on any atom is 0.196 e. The zero-order valence-corrected chi connectivity index (χ0v) is 12.5. The second-order valence-electron chi connectivity index (χ2n) is 4.64. The molecule has 20 heavy (non-hydrogen) atoms. The lowest BCUT2D eigenvalue weighted by molar-refractivity contribution is -0.0373. The molecule has 0 fully saturated rings. The molecule has 3 heteroatoms. The fourth-order valence-corrected chi connectivity index (χ4v) is 4.02. The standard InChI is InChI=1S/C17H18O2S/c1-13(18-2)19-16-9-10-17(20-11-5-6-12-20)15-8-4-3-7-14(15)16/h3-13,20H,1-2H3. The van der Waals surface area contributed by atoms with Crippen LogP contribution in [0.4, 0.5) is 0 Å². The van der Waals surface area contributed by atoms with Gasteiger partial charge in [0.05, 0.1) is 0 Å². The van der Waals surface area contributed by atoms with Crippen LogP contribution in [0.3, 0.4) is 0 Å². The molecule has 104 valence electrons. The second kappa shape index (κ2) is 5.73. The molecule has 1 aliphatic heterocycles. The Morgan fingerprint density at radius 1 is 0.950 bits per heavy atom. The summed E-state index contributed by atoms with van der Waals surface area (Å²) in [6.07, 6.45) is 4.00. The van der Waals surface area contributed by atoms with Crippen molar-refractivity contribution in [3.05, 3.63) is 59.4 Å². The second-order valence-corrected chi connectivity index (χ2v) is 6.53. The molecule has 0 aliphatic carbocycles. The first-order valence-electron chi connectivity index (χ1n) is 6.64. The molecule has 1 unspecified atom stereocenters. The van der Waals surface area contributed by atoms with Gasteiger partial charge in [0.25, 0.3) is 0 Å². The monoisotopic (exact) mass is 286 g/mol. The number of fused-ring (bicyclic) bond motifs is 1. The predicted octanol–water partition coefficient (Wildman–Crippen LogP) is 4.61. The highest BCUT2D eigenvalue weighted by molar-refractivity contribution is 8.22. The van der Waals surface area contributed by atoms with E-state index >= 15 is 0 Å². The van der Waals surface area contributed by atoms with Gasteiger partial charge >= 0.3 is 0 Å². The Morgan fingerprint density at radius 3 is 2.35 bits per heavy atom. The largest absolute Gasteiger partial charge is 0.465 e. The van der Waals surface area contributed by atoms with Gasteiger partial charge in [0.1, 0.15) is 5.75 Å². The van der Waals surface area contributed by atoms with Gasteiger partial charge in [-0.05, 0) is 35.3 Å². The van der Waals surface area contributed by atoms with Gasteiger partial charge in [-0.1, -0.05) is 36.4 Å². The Hall–Kier alpha value is -1.71. The van der Waals surface area contributed by atoms with Gasteiger partial charge in [-0.2, -0.15) is 10.9 Å². The maximum absolute atomic E-state index is 5.84. The van der Waals surface area contributed by atoms with Crippen LogP contribution >= 0.6 is 10.9 Å². The van der Waals surface area contributed by atoms with Crippen molar-refractivity contribution in [3.8, 4) is 5.75 Å². The van der Waals surface area contributed by atoms with E-state index in [-0.39, 0.29) is 17.2 Å². The summed E-state index contributed by atoms with van der Waals surface area (Å²) in [4.78, 5) is 1.37. The molecule has 0 spiro atoms. The molecule has 1 heterocycles. The number of methoxy groups -OCH3 is 1. The van der Waals surface area contributed by atoms with Crippen LogP contribution in [-0.2, 0) is 4.74 Å². The molecule has 0 aromatic heterocycles. The minimum atomic E-state index is -0.324. The summed E-state index contributed by atoms with van der Waals surface area (Å²) in [5.74, 6) is 0.876. The Bertz CT molecular complexity index is 664. The van der Waals surface area contributed by atoms with E-state index in [1.807, 2.05) is 13.0 Å². The number of ether oxygens (including phenoxy) is 2. The molecule has 0 amide bonds. The minimum absolute atomic E-state index is 0.249. The SMILES string of the molecule is COC(C)Oc1ccc([SH]2C=CC=C2)c2ccccc12. The molecule has 0 bridgehead atoms. The lowest BCUT2D eigenvalue weighted by Gasteiger charge is -2.18. The van der Waals surface area contributed by atoms with E-state index in [4.69, 9.17) is 9.47 Å². The number of benzene rings is 2. The van der Waals surface area contributed by atoms with E-state index in [9.17, 15) is 0 Å². The normalized spacial score (nSPS) is 16.8. The Kier molecular flexibility index (Phi) is 3.81. The lowest BCUT2D eigenvalue weighted by Crippen LogP contribution is -2.13. The molecule has 0 saturated heterocycles. The van der Waals surface area contributed by atoms with Crippen molar-refractivity contribution in [2.75, 3.05) is 7.11 Å². The topological polar surface area (TPSA) is 18.5 Å². The number of hydrogen-bond acceptors (Lipinski definition) is 2. The van der Waals surface area contributed by atoms with Gasteiger partial charge in [-0.15, -0.1) is 0 Å². The zero-order chi connectivity index (χ0) is 13.9. The summed E-state index contributed by atoms with van der Waals surface area (Å²) in [6.45, 7) is 1.90. The van der Waals surface area contributed by atoms with E-state index < -0.39 is 0 Å². The van der Waals surface area contributed by atoms with Gasteiger partial charge in [0, 0.05) is 17.4 Å². The smallest absolute Gasteiger partial charge is 0.196 e. The number of thiol groups is 1. The minimum Gasteiger partial charge on any atom is -0.465 e. The van der Waals surface area contributed by atoms with Crippen molar-refractivity contribution in [2.24, 2.45) is 0 Å². The van der Waals surface area contributed by atoms with Gasteiger partial charge in [0.2, 0.25) is 0 Å². The van der Waals surface area contributed by atoms with E-state index in [1.54, 1.807) is 7.11 Å². The number of rotatable bonds is 4. The van der Waals surface area contributed by atoms with Crippen LogP contribution in [0.5, 0.6) is 5.75 Å². The van der Waals surface area contributed by atoms with Gasteiger partial charge in [-0.3, -0.25) is 0 Å². The van der Waals surface area contributed by atoms with Crippen LogP contribution in [0.25, 0.3) is 10.8 Å². The van der Waals surface area contributed by atoms with Crippen molar-refractivity contribution < 1.29 is 9.47 Å². The van der Waals surface area contributed by atoms with Crippen LogP contribution in [-0.4, -0.2) is 13.4 Å². The van der Waals surface area contributed by atoms with Crippen molar-refractivity contribution in [1.82, 2.24) is 0 Å². The van der Waals surface area contributed by atoms with Gasteiger partial charge < -0.3 is 9.47 Å². The first-order valence-corrected chi connectivity index (χ1v) is 8.12. The van der Waals surface area contributed by atoms with Gasteiger partial charge in [0.15, 0.2) is 6.29 Å². The zero-order valence-electron chi connectivity index (χ0n) is 11.6. The summed E-state index contributed by atoms with van der Waals surface area (Å²) in [5.41, 5.74) is 0. The van der Waals surface area contributed by atoms with E-state index in [2.05, 4.69) is 53.3 Å². The first kappa shape index (κ1) is 13.3. The average molecular weight is 286 g/mol.